The van der Waals surface area contributed by atoms with Crippen molar-refractivity contribution >= 4 is 23.3 Å². The summed E-state index contributed by atoms with van der Waals surface area (Å²) in [4.78, 5) is 29.1. The molecule has 1 aromatic rings. The number of carboxylic acids is 1. The van der Waals surface area contributed by atoms with E-state index in [4.69, 9.17) is 5.11 Å². The molecule has 0 aliphatic carbocycles. The summed E-state index contributed by atoms with van der Waals surface area (Å²) in [7, 11) is 0. The molecule has 20 heavy (non-hydrogen) atoms. The van der Waals surface area contributed by atoms with E-state index in [0.29, 0.717) is 13.0 Å². The van der Waals surface area contributed by atoms with Crippen LogP contribution in [0, 0.1) is 5.92 Å². The fourth-order valence-electron chi connectivity index (χ4n) is 2.35. The first-order valence-corrected chi connectivity index (χ1v) is 7.67. The van der Waals surface area contributed by atoms with Gasteiger partial charge in [-0.15, -0.1) is 11.3 Å². The van der Waals surface area contributed by atoms with Crippen LogP contribution in [0.3, 0.4) is 0 Å². The molecule has 2 N–H and O–H groups in total. The molecule has 1 aliphatic heterocycles. The smallest absolute Gasteiger partial charge is 0.317 e. The third-order valence-corrected chi connectivity index (χ3v) is 4.40. The standard InChI is InChI=1S/C13H19N3O3S/c1-2-10(11-14-5-7-20-11)15-13(19)16-6-3-4-9(8-16)12(17)18/h5,7,9-10H,2-4,6,8H2,1H3,(H,15,19)(H,17,18). The molecule has 2 heterocycles. The van der Waals surface area contributed by atoms with Crippen LogP contribution < -0.4 is 5.32 Å². The van der Waals surface area contributed by atoms with E-state index in [9.17, 15) is 9.59 Å². The Labute approximate surface area is 121 Å². The van der Waals surface area contributed by atoms with Gasteiger partial charge in [-0.1, -0.05) is 6.92 Å². The maximum atomic E-state index is 12.2. The molecule has 0 aromatic carbocycles. The average molecular weight is 297 g/mol. The van der Waals surface area contributed by atoms with Crippen molar-refractivity contribution in [2.75, 3.05) is 13.1 Å². The summed E-state index contributed by atoms with van der Waals surface area (Å²) in [6.45, 7) is 2.89. The third kappa shape index (κ3) is 3.47. The number of aromatic nitrogens is 1. The van der Waals surface area contributed by atoms with E-state index in [1.54, 1.807) is 11.1 Å². The van der Waals surface area contributed by atoms with Crippen molar-refractivity contribution in [2.24, 2.45) is 5.92 Å². The molecule has 0 saturated carbocycles. The Balaban J connectivity index is 1.95. The van der Waals surface area contributed by atoms with Gasteiger partial charge in [-0.3, -0.25) is 4.79 Å². The molecule has 1 fully saturated rings. The molecule has 0 bridgehead atoms. The normalized spacial score (nSPS) is 20.4. The molecule has 2 atom stereocenters. The van der Waals surface area contributed by atoms with Gasteiger partial charge in [0.2, 0.25) is 0 Å². The van der Waals surface area contributed by atoms with Gasteiger partial charge in [0.05, 0.1) is 12.0 Å². The number of nitrogens with zero attached hydrogens (tertiary/aromatic N) is 2. The van der Waals surface area contributed by atoms with Gasteiger partial charge in [0.15, 0.2) is 0 Å². The maximum absolute atomic E-state index is 12.2. The van der Waals surface area contributed by atoms with Gasteiger partial charge in [-0.25, -0.2) is 9.78 Å². The second-order valence-electron chi connectivity index (χ2n) is 4.90. The van der Waals surface area contributed by atoms with Crippen molar-refractivity contribution in [3.8, 4) is 0 Å². The number of thiazole rings is 1. The summed E-state index contributed by atoms with van der Waals surface area (Å²) in [5.74, 6) is -1.27. The van der Waals surface area contributed by atoms with Crippen LogP contribution in [0.15, 0.2) is 11.6 Å². The van der Waals surface area contributed by atoms with Crippen LogP contribution in [0.5, 0.6) is 0 Å². The highest BCUT2D eigenvalue weighted by Gasteiger charge is 2.29. The second-order valence-corrected chi connectivity index (χ2v) is 5.83. The number of carboxylic acid groups (broad SMARTS) is 1. The summed E-state index contributed by atoms with van der Waals surface area (Å²) >= 11 is 1.51. The first kappa shape index (κ1) is 14.8. The van der Waals surface area contributed by atoms with Crippen molar-refractivity contribution < 1.29 is 14.7 Å². The van der Waals surface area contributed by atoms with Crippen molar-refractivity contribution in [3.05, 3.63) is 16.6 Å². The fourth-order valence-corrected chi connectivity index (χ4v) is 3.12. The molecule has 2 unspecified atom stereocenters. The minimum absolute atomic E-state index is 0.104. The molecule has 7 heteroatoms. The second kappa shape index (κ2) is 6.69. The highest BCUT2D eigenvalue weighted by Crippen LogP contribution is 2.21. The summed E-state index contributed by atoms with van der Waals surface area (Å²) in [5.41, 5.74) is 0. The van der Waals surface area contributed by atoms with Gasteiger partial charge in [0.1, 0.15) is 5.01 Å². The van der Waals surface area contributed by atoms with Gasteiger partial charge in [0.25, 0.3) is 0 Å². The van der Waals surface area contributed by atoms with Crippen LogP contribution in [0.1, 0.15) is 37.2 Å². The largest absolute Gasteiger partial charge is 0.481 e. The van der Waals surface area contributed by atoms with Gasteiger partial charge in [0, 0.05) is 24.7 Å². The molecule has 0 radical (unpaired) electrons. The summed E-state index contributed by atoms with van der Waals surface area (Å²) in [5, 5.41) is 14.8. The van der Waals surface area contributed by atoms with Crippen LogP contribution >= 0.6 is 11.3 Å². The lowest BCUT2D eigenvalue weighted by Gasteiger charge is -2.31. The highest BCUT2D eigenvalue weighted by molar-refractivity contribution is 7.09. The Morgan fingerprint density at radius 1 is 1.65 bits per heavy atom. The van der Waals surface area contributed by atoms with E-state index in [1.807, 2.05) is 12.3 Å². The number of hydrogen-bond donors (Lipinski definition) is 2. The van der Waals surface area contributed by atoms with E-state index in [0.717, 1.165) is 17.8 Å². The van der Waals surface area contributed by atoms with E-state index < -0.39 is 11.9 Å². The highest BCUT2D eigenvalue weighted by atomic mass is 32.1. The minimum Gasteiger partial charge on any atom is -0.481 e. The summed E-state index contributed by atoms with van der Waals surface area (Å²) in [6, 6.07) is -0.300. The Kier molecular flexibility index (Phi) is 4.94. The van der Waals surface area contributed by atoms with Gasteiger partial charge >= 0.3 is 12.0 Å². The average Bonchev–Trinajstić information content (AvgIpc) is 2.98. The van der Waals surface area contributed by atoms with E-state index in [1.165, 1.54) is 11.3 Å². The van der Waals surface area contributed by atoms with Crippen molar-refractivity contribution in [2.45, 2.75) is 32.2 Å². The molecule has 110 valence electrons. The molecule has 2 rings (SSSR count). The molecule has 1 aromatic heterocycles. The summed E-state index contributed by atoms with van der Waals surface area (Å²) in [6.07, 6.45) is 3.85. The quantitative estimate of drug-likeness (QED) is 0.891. The van der Waals surface area contributed by atoms with Crippen molar-refractivity contribution in [3.63, 3.8) is 0 Å². The Morgan fingerprint density at radius 2 is 2.45 bits per heavy atom. The Hall–Kier alpha value is -1.63. The summed E-state index contributed by atoms with van der Waals surface area (Å²) < 4.78 is 0. The van der Waals surface area contributed by atoms with E-state index in [-0.39, 0.29) is 18.6 Å². The lowest BCUT2D eigenvalue weighted by Crippen LogP contribution is -2.47. The number of nitrogens with one attached hydrogen (secondary N) is 1. The molecule has 1 aliphatic rings. The predicted molar refractivity (Wildman–Crippen MR) is 75.6 cm³/mol. The fraction of sp³-hybridized carbons (Fsp3) is 0.615. The number of hydrogen-bond acceptors (Lipinski definition) is 4. The number of carbonyl (C=O) groups excluding carboxylic acids is 1. The van der Waals surface area contributed by atoms with Crippen molar-refractivity contribution in [1.82, 2.24) is 15.2 Å². The molecule has 1 saturated heterocycles. The third-order valence-electron chi connectivity index (χ3n) is 3.51. The minimum atomic E-state index is -0.825. The zero-order valence-electron chi connectivity index (χ0n) is 11.4. The molecule has 0 spiro atoms. The first-order valence-electron chi connectivity index (χ1n) is 6.79. The van der Waals surface area contributed by atoms with Crippen LogP contribution in [0.2, 0.25) is 0 Å². The van der Waals surface area contributed by atoms with Gasteiger partial charge < -0.3 is 15.3 Å². The number of piperidine rings is 1. The Bertz CT molecular complexity index is 463. The number of aliphatic carboxylic acids is 1. The van der Waals surface area contributed by atoms with Gasteiger partial charge in [-0.2, -0.15) is 0 Å². The molecular weight excluding hydrogens is 278 g/mol. The van der Waals surface area contributed by atoms with E-state index >= 15 is 0 Å². The number of likely N-dealkylation sites (tertiary alicyclic amines) is 1. The first-order chi connectivity index (χ1) is 9.61. The number of rotatable bonds is 4. The number of carbonyl (C=O) groups is 2. The van der Waals surface area contributed by atoms with Gasteiger partial charge in [-0.05, 0) is 19.3 Å². The van der Waals surface area contributed by atoms with Crippen LogP contribution in [-0.4, -0.2) is 40.1 Å². The molecule has 2 amide bonds. The topological polar surface area (TPSA) is 82.5 Å². The SMILES string of the molecule is CCC(NC(=O)N1CCCC(C(=O)O)C1)c1nccs1. The molecular formula is C13H19N3O3S. The van der Waals surface area contributed by atoms with Crippen LogP contribution in [-0.2, 0) is 4.79 Å². The number of amides is 2. The lowest BCUT2D eigenvalue weighted by atomic mass is 9.99. The zero-order valence-corrected chi connectivity index (χ0v) is 12.2. The maximum Gasteiger partial charge on any atom is 0.317 e. The van der Waals surface area contributed by atoms with E-state index in [2.05, 4.69) is 10.3 Å². The zero-order chi connectivity index (χ0) is 14.5. The lowest BCUT2D eigenvalue weighted by molar-refractivity contribution is -0.143. The molecule has 6 nitrogen and oxygen atoms in total. The van der Waals surface area contributed by atoms with Crippen LogP contribution in [0.25, 0.3) is 0 Å². The predicted octanol–water partition coefficient (Wildman–Crippen LogP) is 2.10. The van der Waals surface area contributed by atoms with Crippen molar-refractivity contribution in [1.29, 1.82) is 0 Å². The number of urea groups is 1. The Morgan fingerprint density at radius 3 is 3.05 bits per heavy atom. The monoisotopic (exact) mass is 297 g/mol. The van der Waals surface area contributed by atoms with Crippen LogP contribution in [0.4, 0.5) is 4.79 Å².